The molecule has 11 heavy (non-hydrogen) atoms. The Hall–Kier alpha value is -0.440. The molecule has 0 spiro atoms. The van der Waals surface area contributed by atoms with Gasteiger partial charge < -0.3 is 4.74 Å². The molecule has 0 bridgehead atoms. The fourth-order valence-electron chi connectivity index (χ4n) is 0.621. The van der Waals surface area contributed by atoms with Crippen LogP contribution >= 0.6 is 0 Å². The lowest BCUT2D eigenvalue weighted by molar-refractivity contribution is -0.119. The van der Waals surface area contributed by atoms with Gasteiger partial charge in [0.2, 0.25) is 0 Å². The van der Waals surface area contributed by atoms with Crippen molar-refractivity contribution in [2.75, 3.05) is 19.9 Å². The second-order valence-electron chi connectivity index (χ2n) is 2.30. The number of hydrogen-bond acceptors (Lipinski definition) is 2. The van der Waals surface area contributed by atoms with Crippen molar-refractivity contribution in [3.05, 3.63) is 0 Å². The van der Waals surface area contributed by atoms with Crippen molar-refractivity contribution < 1.29 is 13.9 Å². The Balaban J connectivity index is 2.95. The van der Waals surface area contributed by atoms with E-state index in [9.17, 15) is 9.18 Å². The van der Waals surface area contributed by atoms with Crippen LogP contribution in [0.3, 0.4) is 0 Å². The fourth-order valence-corrected chi connectivity index (χ4v) is 0.621. The van der Waals surface area contributed by atoms with Crippen LogP contribution in [0.25, 0.3) is 0 Å². The molecule has 2 nitrogen and oxygen atoms in total. The van der Waals surface area contributed by atoms with E-state index in [2.05, 4.69) is 0 Å². The first-order valence-electron chi connectivity index (χ1n) is 3.96. The van der Waals surface area contributed by atoms with Crippen molar-refractivity contribution in [1.82, 2.24) is 0 Å². The molecule has 0 aromatic heterocycles. The van der Waals surface area contributed by atoms with Gasteiger partial charge in [0.15, 0.2) is 0 Å². The summed E-state index contributed by atoms with van der Waals surface area (Å²) in [4.78, 5) is 10.7. The van der Waals surface area contributed by atoms with Crippen LogP contribution in [0.15, 0.2) is 0 Å². The molecular formula is C8H15FO2. The number of Topliss-reactive ketones (excluding diaryl/α,β-unsaturated/α-hetero) is 1. The molecule has 0 saturated carbocycles. The van der Waals surface area contributed by atoms with Gasteiger partial charge in [-0.25, -0.2) is 0 Å². The average Bonchev–Trinajstić information content (AvgIpc) is 2.04. The van der Waals surface area contributed by atoms with Gasteiger partial charge in [-0.15, -0.1) is 0 Å². The predicted octanol–water partition coefficient (Wildman–Crippen LogP) is 1.73. The van der Waals surface area contributed by atoms with Gasteiger partial charge in [-0.2, -0.15) is 0 Å². The highest BCUT2D eigenvalue weighted by Gasteiger charge is 1.96. The first-order valence-corrected chi connectivity index (χ1v) is 3.96. The Bertz CT molecular complexity index is 104. The van der Waals surface area contributed by atoms with Gasteiger partial charge in [0.1, 0.15) is 5.78 Å². The quantitative estimate of drug-likeness (QED) is 0.533. The van der Waals surface area contributed by atoms with E-state index in [1.165, 1.54) is 0 Å². The monoisotopic (exact) mass is 162 g/mol. The van der Waals surface area contributed by atoms with E-state index in [1.54, 1.807) is 0 Å². The summed E-state index contributed by atoms with van der Waals surface area (Å²) in [5, 5.41) is 0. The average molecular weight is 162 g/mol. The smallest absolute Gasteiger partial charge is 0.134 e. The van der Waals surface area contributed by atoms with Crippen molar-refractivity contribution >= 4 is 5.78 Å². The third-order valence-electron chi connectivity index (χ3n) is 1.34. The molecule has 0 aliphatic rings. The van der Waals surface area contributed by atoms with E-state index in [4.69, 9.17) is 4.74 Å². The molecular weight excluding hydrogens is 147 g/mol. The predicted molar refractivity (Wildman–Crippen MR) is 41.3 cm³/mol. The molecule has 0 saturated heterocycles. The maximum absolute atomic E-state index is 11.5. The Kier molecular flexibility index (Phi) is 7.36. The SMILES string of the molecule is CCC(=O)CCOCCCF. The number of hydrogen-bond donors (Lipinski definition) is 0. The maximum atomic E-state index is 11.5. The molecule has 0 rings (SSSR count). The molecule has 0 heterocycles. The standard InChI is InChI=1S/C8H15FO2/c1-2-8(10)4-7-11-6-3-5-9/h2-7H2,1H3. The molecule has 0 unspecified atom stereocenters. The highest BCUT2D eigenvalue weighted by Crippen LogP contribution is 1.91. The van der Waals surface area contributed by atoms with Crippen LogP contribution in [0.5, 0.6) is 0 Å². The Labute approximate surface area is 66.7 Å². The van der Waals surface area contributed by atoms with Gasteiger partial charge in [-0.1, -0.05) is 6.92 Å². The number of ketones is 1. The Morgan fingerprint density at radius 2 is 2.18 bits per heavy atom. The van der Waals surface area contributed by atoms with Crippen molar-refractivity contribution in [1.29, 1.82) is 0 Å². The van der Waals surface area contributed by atoms with Crippen molar-refractivity contribution in [3.63, 3.8) is 0 Å². The fraction of sp³-hybridized carbons (Fsp3) is 0.875. The first-order chi connectivity index (χ1) is 5.31. The number of ether oxygens (including phenoxy) is 1. The molecule has 0 aliphatic carbocycles. The van der Waals surface area contributed by atoms with E-state index < -0.39 is 0 Å². The third-order valence-corrected chi connectivity index (χ3v) is 1.34. The molecule has 0 atom stereocenters. The van der Waals surface area contributed by atoms with Gasteiger partial charge in [0.25, 0.3) is 0 Å². The Morgan fingerprint density at radius 3 is 2.73 bits per heavy atom. The number of rotatable bonds is 7. The molecule has 0 aromatic carbocycles. The summed E-state index contributed by atoms with van der Waals surface area (Å²) in [5.41, 5.74) is 0. The second kappa shape index (κ2) is 7.66. The van der Waals surface area contributed by atoms with Gasteiger partial charge in [0.05, 0.1) is 13.3 Å². The summed E-state index contributed by atoms with van der Waals surface area (Å²) >= 11 is 0. The number of carbonyl (C=O) groups is 1. The molecule has 0 fully saturated rings. The number of alkyl halides is 1. The summed E-state index contributed by atoms with van der Waals surface area (Å²) in [7, 11) is 0. The van der Waals surface area contributed by atoms with E-state index >= 15 is 0 Å². The largest absolute Gasteiger partial charge is 0.381 e. The zero-order valence-electron chi connectivity index (χ0n) is 6.94. The topological polar surface area (TPSA) is 26.3 Å². The molecule has 0 radical (unpaired) electrons. The molecule has 0 amide bonds. The van der Waals surface area contributed by atoms with Gasteiger partial charge in [-0.3, -0.25) is 9.18 Å². The second-order valence-corrected chi connectivity index (χ2v) is 2.30. The normalized spacial score (nSPS) is 10.0. The summed E-state index contributed by atoms with van der Waals surface area (Å²) in [5.74, 6) is 0.199. The third kappa shape index (κ3) is 7.46. The van der Waals surface area contributed by atoms with E-state index in [-0.39, 0.29) is 12.5 Å². The minimum atomic E-state index is -0.346. The highest BCUT2D eigenvalue weighted by atomic mass is 19.1. The number of carbonyl (C=O) groups excluding carboxylic acids is 1. The molecule has 0 aromatic rings. The van der Waals surface area contributed by atoms with Crippen LogP contribution in [-0.4, -0.2) is 25.7 Å². The van der Waals surface area contributed by atoms with Gasteiger partial charge in [-0.05, 0) is 6.42 Å². The lowest BCUT2D eigenvalue weighted by Gasteiger charge is -1.99. The minimum absolute atomic E-state index is 0.199. The van der Waals surface area contributed by atoms with Crippen molar-refractivity contribution in [2.45, 2.75) is 26.2 Å². The van der Waals surface area contributed by atoms with Gasteiger partial charge >= 0.3 is 0 Å². The zero-order valence-corrected chi connectivity index (χ0v) is 6.94. The maximum Gasteiger partial charge on any atom is 0.134 e. The summed E-state index contributed by atoms with van der Waals surface area (Å²) < 4.78 is 16.5. The van der Waals surface area contributed by atoms with Crippen molar-refractivity contribution in [2.24, 2.45) is 0 Å². The molecule has 66 valence electrons. The van der Waals surface area contributed by atoms with Crippen LogP contribution < -0.4 is 0 Å². The van der Waals surface area contributed by atoms with Crippen LogP contribution in [0, 0.1) is 0 Å². The van der Waals surface area contributed by atoms with E-state index in [0.717, 1.165) is 0 Å². The Morgan fingerprint density at radius 1 is 1.45 bits per heavy atom. The molecule has 0 aliphatic heterocycles. The minimum Gasteiger partial charge on any atom is -0.381 e. The summed E-state index contributed by atoms with van der Waals surface area (Å²) in [6.07, 6.45) is 1.45. The molecule has 0 N–H and O–H groups in total. The first kappa shape index (κ1) is 10.6. The zero-order chi connectivity index (χ0) is 8.53. The van der Waals surface area contributed by atoms with E-state index in [1.807, 2.05) is 6.92 Å². The van der Waals surface area contributed by atoms with Gasteiger partial charge in [0, 0.05) is 19.4 Å². The van der Waals surface area contributed by atoms with E-state index in [0.29, 0.717) is 32.5 Å². The van der Waals surface area contributed by atoms with Crippen molar-refractivity contribution in [3.8, 4) is 0 Å². The lowest BCUT2D eigenvalue weighted by atomic mass is 10.2. The summed E-state index contributed by atoms with van der Waals surface area (Å²) in [6, 6.07) is 0. The van der Waals surface area contributed by atoms with Crippen LogP contribution in [0.1, 0.15) is 26.2 Å². The van der Waals surface area contributed by atoms with Crippen LogP contribution in [0.4, 0.5) is 4.39 Å². The molecule has 3 heteroatoms. The number of halogens is 1. The lowest BCUT2D eigenvalue weighted by Crippen LogP contribution is -2.03. The van der Waals surface area contributed by atoms with Crippen LogP contribution in [-0.2, 0) is 9.53 Å². The highest BCUT2D eigenvalue weighted by molar-refractivity contribution is 5.78. The summed E-state index contributed by atoms with van der Waals surface area (Å²) in [6.45, 7) is 2.34. The van der Waals surface area contributed by atoms with Crippen LogP contribution in [0.2, 0.25) is 0 Å².